The Hall–Kier alpha value is -2.88. The molecule has 1 aliphatic carbocycles. The van der Waals surface area contributed by atoms with Crippen molar-refractivity contribution in [3.05, 3.63) is 70.4 Å². The SMILES string of the molecule is CCC1C2=C(Cc3cccc(OC)c3)NCC=C2c2cc(OC)c(OC)cc21. The molecule has 1 aliphatic heterocycles. The molecule has 0 saturated heterocycles. The van der Waals surface area contributed by atoms with Crippen molar-refractivity contribution in [2.45, 2.75) is 25.7 Å². The lowest BCUT2D eigenvalue weighted by Gasteiger charge is -2.23. The summed E-state index contributed by atoms with van der Waals surface area (Å²) < 4.78 is 16.5. The molecule has 0 aromatic heterocycles. The molecule has 4 rings (SSSR count). The van der Waals surface area contributed by atoms with Crippen molar-refractivity contribution >= 4 is 5.57 Å². The van der Waals surface area contributed by atoms with Crippen LogP contribution in [0.25, 0.3) is 5.57 Å². The number of ether oxygens (including phenoxy) is 3. The van der Waals surface area contributed by atoms with Crippen LogP contribution in [-0.4, -0.2) is 27.9 Å². The average Bonchev–Trinajstić information content (AvgIpc) is 3.06. The Kier molecular flexibility index (Phi) is 5.03. The maximum atomic E-state index is 5.57. The maximum absolute atomic E-state index is 5.57. The largest absolute Gasteiger partial charge is 0.497 e. The van der Waals surface area contributed by atoms with Gasteiger partial charge in [0.1, 0.15) is 5.75 Å². The van der Waals surface area contributed by atoms with E-state index in [2.05, 4.69) is 48.6 Å². The van der Waals surface area contributed by atoms with Gasteiger partial charge >= 0.3 is 0 Å². The molecule has 28 heavy (non-hydrogen) atoms. The fourth-order valence-corrected chi connectivity index (χ4v) is 4.44. The van der Waals surface area contributed by atoms with Gasteiger partial charge in [0, 0.05) is 24.6 Å². The second kappa shape index (κ2) is 7.63. The molecule has 1 heterocycles. The van der Waals surface area contributed by atoms with Crippen molar-refractivity contribution in [1.29, 1.82) is 0 Å². The van der Waals surface area contributed by atoms with Gasteiger partial charge in [-0.3, -0.25) is 0 Å². The number of methoxy groups -OCH3 is 3. The van der Waals surface area contributed by atoms with Crippen LogP contribution in [0.4, 0.5) is 0 Å². The quantitative estimate of drug-likeness (QED) is 0.792. The van der Waals surface area contributed by atoms with E-state index in [1.54, 1.807) is 21.3 Å². The molecule has 0 fully saturated rings. The van der Waals surface area contributed by atoms with Gasteiger partial charge in [0.2, 0.25) is 0 Å². The monoisotopic (exact) mass is 377 g/mol. The van der Waals surface area contributed by atoms with E-state index in [-0.39, 0.29) is 0 Å². The lowest BCUT2D eigenvalue weighted by atomic mass is 9.89. The molecular formula is C24H27NO3. The number of benzene rings is 2. The summed E-state index contributed by atoms with van der Waals surface area (Å²) in [5, 5.41) is 3.63. The van der Waals surface area contributed by atoms with Gasteiger partial charge < -0.3 is 19.5 Å². The molecule has 146 valence electrons. The highest BCUT2D eigenvalue weighted by Crippen LogP contribution is 2.52. The molecule has 0 bridgehead atoms. The Balaban J connectivity index is 1.80. The summed E-state index contributed by atoms with van der Waals surface area (Å²) in [5.41, 5.74) is 7.88. The van der Waals surface area contributed by atoms with Crippen LogP contribution < -0.4 is 19.5 Å². The van der Waals surface area contributed by atoms with Crippen molar-refractivity contribution in [2.24, 2.45) is 0 Å². The van der Waals surface area contributed by atoms with Crippen LogP contribution in [-0.2, 0) is 6.42 Å². The van der Waals surface area contributed by atoms with E-state index in [0.29, 0.717) is 5.92 Å². The molecule has 1 unspecified atom stereocenters. The third-order valence-corrected chi connectivity index (χ3v) is 5.73. The first-order valence-electron chi connectivity index (χ1n) is 9.76. The summed E-state index contributed by atoms with van der Waals surface area (Å²) in [6, 6.07) is 12.6. The molecule has 4 heteroatoms. The number of fused-ring (bicyclic) bond motifs is 3. The molecule has 0 spiro atoms. The van der Waals surface area contributed by atoms with Crippen molar-refractivity contribution in [3.8, 4) is 17.2 Å². The molecule has 2 aromatic rings. The molecule has 2 aromatic carbocycles. The highest BCUT2D eigenvalue weighted by atomic mass is 16.5. The first-order chi connectivity index (χ1) is 13.7. The van der Waals surface area contributed by atoms with Gasteiger partial charge in [-0.25, -0.2) is 0 Å². The average molecular weight is 377 g/mol. The molecule has 0 saturated carbocycles. The lowest BCUT2D eigenvalue weighted by Crippen LogP contribution is -2.22. The van der Waals surface area contributed by atoms with E-state index in [1.807, 2.05) is 6.07 Å². The van der Waals surface area contributed by atoms with Crippen LogP contribution in [0.5, 0.6) is 17.2 Å². The Bertz CT molecular complexity index is 958. The van der Waals surface area contributed by atoms with Crippen molar-refractivity contribution < 1.29 is 14.2 Å². The minimum absolute atomic E-state index is 0.356. The van der Waals surface area contributed by atoms with Gasteiger partial charge in [0.25, 0.3) is 0 Å². The summed E-state index contributed by atoms with van der Waals surface area (Å²) in [6.45, 7) is 3.08. The second-order valence-electron chi connectivity index (χ2n) is 7.17. The maximum Gasteiger partial charge on any atom is 0.161 e. The van der Waals surface area contributed by atoms with Crippen molar-refractivity contribution in [3.63, 3.8) is 0 Å². The zero-order chi connectivity index (χ0) is 19.7. The summed E-state index contributed by atoms with van der Waals surface area (Å²) >= 11 is 0. The summed E-state index contributed by atoms with van der Waals surface area (Å²) in [7, 11) is 5.10. The van der Waals surface area contributed by atoms with Gasteiger partial charge in [0.05, 0.1) is 21.3 Å². The van der Waals surface area contributed by atoms with Crippen LogP contribution in [0, 0.1) is 0 Å². The Morgan fingerprint density at radius 2 is 1.79 bits per heavy atom. The standard InChI is InChI=1S/C24H27NO3/c1-5-17-19-13-22(27-3)23(28-4)14-20(19)18-9-10-25-21(24(17)18)12-15-7-6-8-16(11-15)26-2/h6-9,11,13-14,17,25H,5,10,12H2,1-4H3. The van der Waals surface area contributed by atoms with E-state index < -0.39 is 0 Å². The van der Waals surface area contributed by atoms with Crippen LogP contribution >= 0.6 is 0 Å². The third-order valence-electron chi connectivity index (χ3n) is 5.73. The molecule has 0 amide bonds. The number of hydrogen-bond donors (Lipinski definition) is 1. The Morgan fingerprint density at radius 1 is 1.00 bits per heavy atom. The van der Waals surface area contributed by atoms with E-state index in [1.165, 1.54) is 33.5 Å². The molecule has 1 N–H and O–H groups in total. The number of hydrogen-bond acceptors (Lipinski definition) is 4. The Labute approximate surface area is 166 Å². The topological polar surface area (TPSA) is 39.7 Å². The van der Waals surface area contributed by atoms with Gasteiger partial charge in [0.15, 0.2) is 11.5 Å². The molecular weight excluding hydrogens is 350 g/mol. The normalized spacial score (nSPS) is 17.4. The fourth-order valence-electron chi connectivity index (χ4n) is 4.44. The van der Waals surface area contributed by atoms with Crippen molar-refractivity contribution in [2.75, 3.05) is 27.9 Å². The number of allylic oxidation sites excluding steroid dienone is 3. The van der Waals surface area contributed by atoms with E-state index in [4.69, 9.17) is 14.2 Å². The molecule has 4 nitrogen and oxygen atoms in total. The van der Waals surface area contributed by atoms with Crippen molar-refractivity contribution in [1.82, 2.24) is 5.32 Å². The summed E-state index contributed by atoms with van der Waals surface area (Å²) in [5.74, 6) is 2.83. The van der Waals surface area contributed by atoms with E-state index in [0.717, 1.165) is 36.6 Å². The predicted molar refractivity (Wildman–Crippen MR) is 112 cm³/mol. The molecule has 2 aliphatic rings. The highest BCUT2D eigenvalue weighted by molar-refractivity contribution is 5.90. The number of rotatable bonds is 6. The summed E-state index contributed by atoms with van der Waals surface area (Å²) in [6.07, 6.45) is 4.20. The van der Waals surface area contributed by atoms with Gasteiger partial charge in [-0.15, -0.1) is 0 Å². The number of nitrogens with one attached hydrogen (secondary N) is 1. The van der Waals surface area contributed by atoms with E-state index >= 15 is 0 Å². The first kappa shape index (κ1) is 18.5. The van der Waals surface area contributed by atoms with Crippen LogP contribution in [0.3, 0.4) is 0 Å². The smallest absolute Gasteiger partial charge is 0.161 e. The second-order valence-corrected chi connectivity index (χ2v) is 7.17. The number of dihydropyridines is 1. The van der Waals surface area contributed by atoms with E-state index in [9.17, 15) is 0 Å². The molecule has 1 atom stereocenters. The van der Waals surface area contributed by atoms with Crippen LogP contribution in [0.1, 0.15) is 36.0 Å². The first-order valence-corrected chi connectivity index (χ1v) is 9.76. The van der Waals surface area contributed by atoms with Gasteiger partial charge in [-0.2, -0.15) is 0 Å². The lowest BCUT2D eigenvalue weighted by molar-refractivity contribution is 0.354. The van der Waals surface area contributed by atoms with Crippen LogP contribution in [0.2, 0.25) is 0 Å². The third kappa shape index (κ3) is 3.03. The minimum atomic E-state index is 0.356. The van der Waals surface area contributed by atoms with Crippen LogP contribution in [0.15, 0.2) is 53.7 Å². The fraction of sp³-hybridized carbons (Fsp3) is 0.333. The summed E-state index contributed by atoms with van der Waals surface area (Å²) in [4.78, 5) is 0. The van der Waals surface area contributed by atoms with Gasteiger partial charge in [-0.05, 0) is 58.5 Å². The Morgan fingerprint density at radius 3 is 2.50 bits per heavy atom. The highest BCUT2D eigenvalue weighted by Gasteiger charge is 2.35. The molecule has 0 radical (unpaired) electrons. The zero-order valence-corrected chi connectivity index (χ0v) is 17.0. The zero-order valence-electron chi connectivity index (χ0n) is 17.0. The van der Waals surface area contributed by atoms with Gasteiger partial charge in [-0.1, -0.05) is 25.1 Å². The predicted octanol–water partition coefficient (Wildman–Crippen LogP) is 4.70. The minimum Gasteiger partial charge on any atom is -0.497 e.